The Hall–Kier alpha value is -2.40. The zero-order valence-corrected chi connectivity index (χ0v) is 15.7. The molecule has 0 heterocycles. The zero-order chi connectivity index (χ0) is 18.0. The van der Waals surface area contributed by atoms with Crippen LogP contribution in [-0.4, -0.2) is 17.4 Å². The first-order valence-corrected chi connectivity index (χ1v) is 9.57. The van der Waals surface area contributed by atoms with Gasteiger partial charge in [-0.05, 0) is 60.5 Å². The van der Waals surface area contributed by atoms with Gasteiger partial charge >= 0.3 is 0 Å². The van der Waals surface area contributed by atoms with Crippen molar-refractivity contribution in [1.82, 2.24) is 10.7 Å². The van der Waals surface area contributed by atoms with Crippen molar-refractivity contribution in [2.45, 2.75) is 44.8 Å². The molecule has 0 unspecified atom stereocenters. The second-order valence-corrected chi connectivity index (χ2v) is 6.93. The molecule has 2 aromatic rings. The third-order valence-electron chi connectivity index (χ3n) is 4.45. The molecule has 1 fully saturated rings. The standard InChI is InChI=1S/C21H25N3OS/c26-21(23-19-9-5-2-6-10-19)24-22-15-17-11-13-20(14-12-17)25-16-18-7-3-1-4-8-18/h1,3-4,7-8,11-15,19H,2,5-6,9-10,16H2,(H2,23,24,26). The maximum absolute atomic E-state index is 5.78. The lowest BCUT2D eigenvalue weighted by Crippen LogP contribution is -2.40. The van der Waals surface area contributed by atoms with E-state index in [4.69, 9.17) is 17.0 Å². The van der Waals surface area contributed by atoms with E-state index in [2.05, 4.69) is 28.0 Å². The Morgan fingerprint density at radius 1 is 1.04 bits per heavy atom. The Morgan fingerprint density at radius 2 is 1.77 bits per heavy atom. The zero-order valence-electron chi connectivity index (χ0n) is 14.9. The van der Waals surface area contributed by atoms with Crippen LogP contribution in [-0.2, 0) is 6.61 Å². The second-order valence-electron chi connectivity index (χ2n) is 6.52. The molecule has 0 bridgehead atoms. The highest BCUT2D eigenvalue weighted by Crippen LogP contribution is 2.17. The Bertz CT molecular complexity index is 710. The van der Waals surface area contributed by atoms with Crippen LogP contribution in [0, 0.1) is 0 Å². The van der Waals surface area contributed by atoms with Crippen LogP contribution in [0.5, 0.6) is 5.75 Å². The summed E-state index contributed by atoms with van der Waals surface area (Å²) in [7, 11) is 0. The number of benzene rings is 2. The smallest absolute Gasteiger partial charge is 0.187 e. The Labute approximate surface area is 160 Å². The normalized spacial score (nSPS) is 14.9. The highest BCUT2D eigenvalue weighted by Gasteiger charge is 2.13. The summed E-state index contributed by atoms with van der Waals surface area (Å²) >= 11 is 5.30. The van der Waals surface area contributed by atoms with Crippen molar-refractivity contribution < 1.29 is 4.74 Å². The number of rotatable bonds is 6. The molecule has 0 aliphatic heterocycles. The fourth-order valence-corrected chi connectivity index (χ4v) is 3.24. The third kappa shape index (κ3) is 6.15. The molecule has 0 aromatic heterocycles. The number of hydrogen-bond donors (Lipinski definition) is 2. The van der Waals surface area contributed by atoms with Crippen LogP contribution in [0.15, 0.2) is 59.7 Å². The van der Waals surface area contributed by atoms with Gasteiger partial charge in [0.2, 0.25) is 0 Å². The molecule has 5 heteroatoms. The molecular weight excluding hydrogens is 342 g/mol. The monoisotopic (exact) mass is 367 g/mol. The van der Waals surface area contributed by atoms with Crippen LogP contribution in [0.25, 0.3) is 0 Å². The van der Waals surface area contributed by atoms with Crippen molar-refractivity contribution in [3.8, 4) is 5.75 Å². The van der Waals surface area contributed by atoms with Crippen molar-refractivity contribution in [1.29, 1.82) is 0 Å². The molecule has 2 aromatic carbocycles. The highest BCUT2D eigenvalue weighted by atomic mass is 32.1. The van der Waals surface area contributed by atoms with Gasteiger partial charge < -0.3 is 10.1 Å². The minimum Gasteiger partial charge on any atom is -0.489 e. The van der Waals surface area contributed by atoms with E-state index in [9.17, 15) is 0 Å². The molecule has 1 saturated carbocycles. The molecule has 3 rings (SSSR count). The number of hydrazone groups is 1. The summed E-state index contributed by atoms with van der Waals surface area (Å²) in [5, 5.41) is 8.14. The highest BCUT2D eigenvalue weighted by molar-refractivity contribution is 7.80. The van der Waals surface area contributed by atoms with E-state index in [-0.39, 0.29) is 0 Å². The van der Waals surface area contributed by atoms with Crippen molar-refractivity contribution in [3.63, 3.8) is 0 Å². The molecule has 2 N–H and O–H groups in total. The van der Waals surface area contributed by atoms with E-state index in [0.29, 0.717) is 17.8 Å². The minimum absolute atomic E-state index is 0.486. The van der Waals surface area contributed by atoms with Crippen molar-refractivity contribution in [2.24, 2.45) is 5.10 Å². The van der Waals surface area contributed by atoms with E-state index >= 15 is 0 Å². The molecule has 1 aliphatic carbocycles. The van der Waals surface area contributed by atoms with Gasteiger partial charge in [0, 0.05) is 6.04 Å². The lowest BCUT2D eigenvalue weighted by molar-refractivity contribution is 0.306. The van der Waals surface area contributed by atoms with Crippen LogP contribution >= 0.6 is 12.2 Å². The van der Waals surface area contributed by atoms with Gasteiger partial charge in [-0.15, -0.1) is 0 Å². The summed E-state index contributed by atoms with van der Waals surface area (Å²) in [6.07, 6.45) is 8.04. The Balaban J connectivity index is 1.41. The maximum Gasteiger partial charge on any atom is 0.187 e. The van der Waals surface area contributed by atoms with Crippen molar-refractivity contribution >= 4 is 23.5 Å². The molecule has 0 spiro atoms. The van der Waals surface area contributed by atoms with E-state index < -0.39 is 0 Å². The van der Waals surface area contributed by atoms with Crippen molar-refractivity contribution in [2.75, 3.05) is 0 Å². The van der Waals surface area contributed by atoms with Crippen LogP contribution in [0.2, 0.25) is 0 Å². The van der Waals surface area contributed by atoms with Gasteiger partial charge in [-0.25, -0.2) is 0 Å². The number of hydrogen-bond acceptors (Lipinski definition) is 3. The third-order valence-corrected chi connectivity index (χ3v) is 4.66. The molecule has 26 heavy (non-hydrogen) atoms. The average Bonchev–Trinajstić information content (AvgIpc) is 2.69. The molecule has 4 nitrogen and oxygen atoms in total. The van der Waals surface area contributed by atoms with Gasteiger partial charge in [0.15, 0.2) is 5.11 Å². The lowest BCUT2D eigenvalue weighted by Gasteiger charge is -2.23. The maximum atomic E-state index is 5.78. The fraction of sp³-hybridized carbons (Fsp3) is 0.333. The van der Waals surface area contributed by atoms with Gasteiger partial charge in [-0.1, -0.05) is 49.6 Å². The van der Waals surface area contributed by atoms with Gasteiger partial charge in [0.25, 0.3) is 0 Å². The van der Waals surface area contributed by atoms with E-state index in [0.717, 1.165) is 16.9 Å². The Kier molecular flexibility index (Phi) is 7.02. The summed E-state index contributed by atoms with van der Waals surface area (Å²) in [6, 6.07) is 18.5. The van der Waals surface area contributed by atoms with Crippen LogP contribution < -0.4 is 15.5 Å². The van der Waals surface area contributed by atoms with Crippen LogP contribution in [0.1, 0.15) is 43.2 Å². The number of ether oxygens (including phenoxy) is 1. The summed E-state index contributed by atoms with van der Waals surface area (Å²) < 4.78 is 5.78. The van der Waals surface area contributed by atoms with E-state index in [1.165, 1.54) is 32.1 Å². The first kappa shape index (κ1) is 18.4. The predicted octanol–water partition coefficient (Wildman–Crippen LogP) is 4.40. The lowest BCUT2D eigenvalue weighted by atomic mass is 9.96. The predicted molar refractivity (Wildman–Crippen MR) is 111 cm³/mol. The number of thiocarbonyl (C=S) groups is 1. The topological polar surface area (TPSA) is 45.7 Å². The SMILES string of the molecule is S=C(NN=Cc1ccc(OCc2ccccc2)cc1)NC1CCCCC1. The second kappa shape index (κ2) is 9.92. The molecule has 0 radical (unpaired) electrons. The summed E-state index contributed by atoms with van der Waals surface area (Å²) in [5.74, 6) is 0.841. The van der Waals surface area contributed by atoms with Crippen LogP contribution in [0.3, 0.4) is 0 Å². The van der Waals surface area contributed by atoms with Crippen molar-refractivity contribution in [3.05, 3.63) is 65.7 Å². The number of nitrogens with zero attached hydrogens (tertiary/aromatic N) is 1. The molecular formula is C21H25N3OS. The van der Waals surface area contributed by atoms with Gasteiger partial charge in [0.1, 0.15) is 12.4 Å². The molecule has 136 valence electrons. The quantitative estimate of drug-likeness (QED) is 0.451. The van der Waals surface area contributed by atoms with Crippen LogP contribution in [0.4, 0.5) is 0 Å². The summed E-state index contributed by atoms with van der Waals surface area (Å²) in [6.45, 7) is 0.566. The van der Waals surface area contributed by atoms with Gasteiger partial charge in [-0.2, -0.15) is 5.10 Å². The molecule has 0 atom stereocenters. The fourth-order valence-electron chi connectivity index (χ4n) is 3.02. The number of nitrogens with one attached hydrogen (secondary N) is 2. The summed E-state index contributed by atoms with van der Waals surface area (Å²) in [5.41, 5.74) is 5.04. The largest absolute Gasteiger partial charge is 0.489 e. The summed E-state index contributed by atoms with van der Waals surface area (Å²) in [4.78, 5) is 0. The van der Waals surface area contributed by atoms with Gasteiger partial charge in [-0.3, -0.25) is 5.43 Å². The molecule has 1 aliphatic rings. The Morgan fingerprint density at radius 3 is 2.50 bits per heavy atom. The van der Waals surface area contributed by atoms with Gasteiger partial charge in [0.05, 0.1) is 6.21 Å². The first-order chi connectivity index (χ1) is 12.8. The minimum atomic E-state index is 0.486. The first-order valence-electron chi connectivity index (χ1n) is 9.16. The molecule has 0 saturated heterocycles. The average molecular weight is 368 g/mol. The van der Waals surface area contributed by atoms with E-state index in [1.54, 1.807) is 6.21 Å². The van der Waals surface area contributed by atoms with E-state index in [1.807, 2.05) is 42.5 Å². The molecule has 0 amide bonds.